The highest BCUT2D eigenvalue weighted by molar-refractivity contribution is 4.92. The molecule has 0 aromatic carbocycles. The van der Waals surface area contributed by atoms with Crippen LogP contribution in [0.25, 0.3) is 0 Å². The summed E-state index contributed by atoms with van der Waals surface area (Å²) < 4.78 is 0. The van der Waals surface area contributed by atoms with Crippen molar-refractivity contribution in [2.45, 2.75) is 71.4 Å². The van der Waals surface area contributed by atoms with Gasteiger partial charge >= 0.3 is 0 Å². The molecule has 1 heterocycles. The Morgan fingerprint density at radius 2 is 1.82 bits per heavy atom. The van der Waals surface area contributed by atoms with Gasteiger partial charge in [0, 0.05) is 18.6 Å². The van der Waals surface area contributed by atoms with Crippen molar-refractivity contribution in [3.05, 3.63) is 0 Å². The van der Waals surface area contributed by atoms with Crippen LogP contribution >= 0.6 is 0 Å². The minimum Gasteiger partial charge on any atom is -0.316 e. The van der Waals surface area contributed by atoms with Crippen LogP contribution in [0.3, 0.4) is 0 Å². The van der Waals surface area contributed by atoms with Crippen LogP contribution in [-0.2, 0) is 0 Å². The monoisotopic (exact) mass is 238 g/mol. The van der Waals surface area contributed by atoms with Crippen molar-refractivity contribution in [1.29, 1.82) is 0 Å². The standard InChI is InChI=1S/C15H30N2/c1-12(13-7-5-4-6-8-13)17-14-9-10-16-11-15(14,2)3/h12-14,16-17H,4-11H2,1-3H3. The van der Waals surface area contributed by atoms with E-state index in [1.165, 1.54) is 45.1 Å². The topological polar surface area (TPSA) is 24.1 Å². The molecule has 0 amide bonds. The number of piperidine rings is 1. The van der Waals surface area contributed by atoms with Gasteiger partial charge in [-0.05, 0) is 44.1 Å². The van der Waals surface area contributed by atoms with Crippen molar-refractivity contribution < 1.29 is 0 Å². The number of hydrogen-bond donors (Lipinski definition) is 2. The lowest BCUT2D eigenvalue weighted by atomic mass is 9.78. The SMILES string of the molecule is CC(NC1CCNCC1(C)C)C1CCCCC1. The van der Waals surface area contributed by atoms with Crippen molar-refractivity contribution in [3.63, 3.8) is 0 Å². The summed E-state index contributed by atoms with van der Waals surface area (Å²) in [7, 11) is 0. The predicted octanol–water partition coefficient (Wildman–Crippen LogP) is 2.93. The molecule has 1 saturated carbocycles. The largest absolute Gasteiger partial charge is 0.316 e. The van der Waals surface area contributed by atoms with Crippen molar-refractivity contribution in [1.82, 2.24) is 10.6 Å². The highest BCUT2D eigenvalue weighted by Gasteiger charge is 2.34. The molecule has 1 aliphatic carbocycles. The van der Waals surface area contributed by atoms with Crippen molar-refractivity contribution >= 4 is 0 Å². The molecule has 0 aromatic rings. The van der Waals surface area contributed by atoms with E-state index in [4.69, 9.17) is 0 Å². The molecule has 2 fully saturated rings. The zero-order valence-corrected chi connectivity index (χ0v) is 11.9. The summed E-state index contributed by atoms with van der Waals surface area (Å²) in [6, 6.07) is 1.40. The van der Waals surface area contributed by atoms with Gasteiger partial charge in [-0.15, -0.1) is 0 Å². The van der Waals surface area contributed by atoms with Gasteiger partial charge in [-0.1, -0.05) is 33.1 Å². The van der Waals surface area contributed by atoms with Gasteiger partial charge in [0.25, 0.3) is 0 Å². The van der Waals surface area contributed by atoms with Crippen LogP contribution in [-0.4, -0.2) is 25.2 Å². The average molecular weight is 238 g/mol. The summed E-state index contributed by atoms with van der Waals surface area (Å²) in [5.74, 6) is 0.925. The molecule has 100 valence electrons. The first kappa shape index (κ1) is 13.4. The van der Waals surface area contributed by atoms with Crippen LogP contribution in [0.2, 0.25) is 0 Å². The zero-order valence-electron chi connectivity index (χ0n) is 11.9. The summed E-state index contributed by atoms with van der Waals surface area (Å²) in [6.45, 7) is 9.53. The second-order valence-corrected chi connectivity index (χ2v) is 6.86. The Hall–Kier alpha value is -0.0800. The Bertz CT molecular complexity index is 231. The third kappa shape index (κ3) is 3.45. The van der Waals surface area contributed by atoms with Crippen molar-refractivity contribution in [2.24, 2.45) is 11.3 Å². The first-order valence-electron chi connectivity index (χ1n) is 7.56. The van der Waals surface area contributed by atoms with E-state index in [1.807, 2.05) is 0 Å². The maximum atomic E-state index is 3.94. The molecule has 2 aliphatic rings. The van der Waals surface area contributed by atoms with Crippen LogP contribution in [0.1, 0.15) is 59.3 Å². The Labute approximate surface area is 107 Å². The predicted molar refractivity (Wildman–Crippen MR) is 74.2 cm³/mol. The maximum absolute atomic E-state index is 3.94. The van der Waals surface area contributed by atoms with Crippen LogP contribution < -0.4 is 10.6 Å². The Morgan fingerprint density at radius 3 is 2.47 bits per heavy atom. The summed E-state index contributed by atoms with van der Waals surface area (Å²) in [6.07, 6.45) is 8.53. The normalized spacial score (nSPS) is 32.3. The molecule has 2 atom stereocenters. The molecule has 0 aromatic heterocycles. The maximum Gasteiger partial charge on any atom is 0.0145 e. The lowest BCUT2D eigenvalue weighted by Crippen LogP contribution is -2.56. The van der Waals surface area contributed by atoms with E-state index >= 15 is 0 Å². The molecule has 2 unspecified atom stereocenters. The van der Waals surface area contributed by atoms with E-state index in [-0.39, 0.29) is 0 Å². The lowest BCUT2D eigenvalue weighted by molar-refractivity contribution is 0.151. The molecule has 2 N–H and O–H groups in total. The van der Waals surface area contributed by atoms with Gasteiger partial charge in [0.2, 0.25) is 0 Å². The quantitative estimate of drug-likeness (QED) is 0.790. The van der Waals surface area contributed by atoms with Gasteiger partial charge in [-0.3, -0.25) is 0 Å². The van der Waals surface area contributed by atoms with Gasteiger partial charge in [-0.25, -0.2) is 0 Å². The van der Waals surface area contributed by atoms with Crippen molar-refractivity contribution in [2.75, 3.05) is 13.1 Å². The van der Waals surface area contributed by atoms with E-state index < -0.39 is 0 Å². The third-order valence-electron chi connectivity index (χ3n) is 4.95. The first-order chi connectivity index (χ1) is 8.09. The van der Waals surface area contributed by atoms with E-state index in [1.54, 1.807) is 0 Å². The van der Waals surface area contributed by atoms with Crippen LogP contribution in [0.5, 0.6) is 0 Å². The Balaban J connectivity index is 1.85. The summed E-state index contributed by atoms with van der Waals surface area (Å²) in [4.78, 5) is 0. The van der Waals surface area contributed by atoms with E-state index in [2.05, 4.69) is 31.4 Å². The molecular formula is C15H30N2. The minimum atomic E-state index is 0.404. The van der Waals surface area contributed by atoms with Gasteiger partial charge in [0.05, 0.1) is 0 Å². The number of rotatable bonds is 3. The minimum absolute atomic E-state index is 0.404. The number of hydrogen-bond acceptors (Lipinski definition) is 2. The smallest absolute Gasteiger partial charge is 0.0145 e. The van der Waals surface area contributed by atoms with Gasteiger partial charge in [0.1, 0.15) is 0 Å². The second-order valence-electron chi connectivity index (χ2n) is 6.86. The van der Waals surface area contributed by atoms with E-state index in [0.717, 1.165) is 12.5 Å². The van der Waals surface area contributed by atoms with E-state index in [0.29, 0.717) is 17.5 Å². The molecule has 2 nitrogen and oxygen atoms in total. The fraction of sp³-hybridized carbons (Fsp3) is 1.00. The molecule has 1 saturated heterocycles. The lowest BCUT2D eigenvalue weighted by Gasteiger charge is -2.42. The average Bonchev–Trinajstić information content (AvgIpc) is 2.33. The fourth-order valence-corrected chi connectivity index (χ4v) is 3.57. The highest BCUT2D eigenvalue weighted by Crippen LogP contribution is 2.30. The molecule has 0 spiro atoms. The highest BCUT2D eigenvalue weighted by atomic mass is 15.0. The van der Waals surface area contributed by atoms with Gasteiger partial charge < -0.3 is 10.6 Å². The third-order valence-corrected chi connectivity index (χ3v) is 4.95. The summed E-state index contributed by atoms with van der Waals surface area (Å²) in [5, 5.41) is 7.46. The molecule has 2 rings (SSSR count). The molecule has 0 radical (unpaired) electrons. The molecule has 1 aliphatic heterocycles. The number of nitrogens with one attached hydrogen (secondary N) is 2. The van der Waals surface area contributed by atoms with Crippen molar-refractivity contribution in [3.8, 4) is 0 Å². The van der Waals surface area contributed by atoms with Gasteiger partial charge in [-0.2, -0.15) is 0 Å². The molecular weight excluding hydrogens is 208 g/mol. The molecule has 0 bridgehead atoms. The fourth-order valence-electron chi connectivity index (χ4n) is 3.57. The Morgan fingerprint density at radius 1 is 1.12 bits per heavy atom. The van der Waals surface area contributed by atoms with Crippen LogP contribution in [0.15, 0.2) is 0 Å². The molecule has 17 heavy (non-hydrogen) atoms. The van der Waals surface area contributed by atoms with Crippen LogP contribution in [0.4, 0.5) is 0 Å². The zero-order chi connectivity index (χ0) is 12.3. The van der Waals surface area contributed by atoms with Gasteiger partial charge in [0.15, 0.2) is 0 Å². The summed E-state index contributed by atoms with van der Waals surface area (Å²) >= 11 is 0. The first-order valence-corrected chi connectivity index (χ1v) is 7.56. The summed E-state index contributed by atoms with van der Waals surface area (Å²) in [5.41, 5.74) is 0.404. The van der Waals surface area contributed by atoms with Crippen LogP contribution in [0, 0.1) is 11.3 Å². The van der Waals surface area contributed by atoms with E-state index in [9.17, 15) is 0 Å². The Kier molecular flexibility index (Phi) is 4.48. The second kappa shape index (κ2) is 5.71. The molecule has 2 heteroatoms.